The Hall–Kier alpha value is -0.890. The number of rotatable bonds is 3. The molecule has 1 heterocycles. The second kappa shape index (κ2) is 6.04. The maximum absolute atomic E-state index is 6.29. The predicted molar refractivity (Wildman–Crippen MR) is 85.0 cm³/mol. The first-order valence-corrected chi connectivity index (χ1v) is 7.21. The summed E-state index contributed by atoms with van der Waals surface area (Å²) in [7, 11) is 0. The SMILES string of the molecule is Cc1cc(C=CCCl)c(C)n1-c1cccc(Cl)c1Cl. The fraction of sp³-hybridized carbons (Fsp3) is 0.200. The number of benzene rings is 1. The fourth-order valence-electron chi connectivity index (χ4n) is 2.16. The van der Waals surface area contributed by atoms with E-state index in [1.807, 2.05) is 31.2 Å². The van der Waals surface area contributed by atoms with Crippen LogP contribution in [0, 0.1) is 13.8 Å². The van der Waals surface area contributed by atoms with Gasteiger partial charge in [0.15, 0.2) is 0 Å². The summed E-state index contributed by atoms with van der Waals surface area (Å²) >= 11 is 18.1. The lowest BCUT2D eigenvalue weighted by Gasteiger charge is -2.12. The van der Waals surface area contributed by atoms with Crippen LogP contribution in [0.5, 0.6) is 0 Å². The molecule has 0 N–H and O–H groups in total. The monoisotopic (exact) mass is 313 g/mol. The number of halogens is 3. The van der Waals surface area contributed by atoms with Crippen molar-refractivity contribution >= 4 is 40.9 Å². The summed E-state index contributed by atoms with van der Waals surface area (Å²) in [4.78, 5) is 0. The minimum atomic E-state index is 0.502. The molecule has 0 saturated carbocycles. The van der Waals surface area contributed by atoms with Gasteiger partial charge in [0.25, 0.3) is 0 Å². The zero-order chi connectivity index (χ0) is 14.0. The zero-order valence-electron chi connectivity index (χ0n) is 10.8. The van der Waals surface area contributed by atoms with Crippen molar-refractivity contribution in [3.05, 3.63) is 57.3 Å². The molecule has 0 aliphatic carbocycles. The van der Waals surface area contributed by atoms with Gasteiger partial charge in [0.1, 0.15) is 0 Å². The first-order chi connectivity index (χ1) is 9.06. The van der Waals surface area contributed by atoms with Crippen molar-refractivity contribution in [3.8, 4) is 5.69 Å². The van der Waals surface area contributed by atoms with Gasteiger partial charge in [-0.2, -0.15) is 0 Å². The highest BCUT2D eigenvalue weighted by Gasteiger charge is 2.12. The lowest BCUT2D eigenvalue weighted by molar-refractivity contribution is 0.965. The van der Waals surface area contributed by atoms with Gasteiger partial charge in [-0.1, -0.05) is 41.4 Å². The number of aromatic nitrogens is 1. The molecule has 19 heavy (non-hydrogen) atoms. The van der Waals surface area contributed by atoms with E-state index in [4.69, 9.17) is 34.8 Å². The summed E-state index contributed by atoms with van der Waals surface area (Å²) in [5, 5.41) is 1.13. The Kier molecular flexibility index (Phi) is 4.62. The standard InChI is InChI=1S/C15H14Cl3N/c1-10-9-12(5-4-8-16)11(2)19(10)14-7-3-6-13(17)15(14)18/h3-7,9H,8H2,1-2H3. The van der Waals surface area contributed by atoms with E-state index in [0.717, 1.165) is 22.6 Å². The van der Waals surface area contributed by atoms with Gasteiger partial charge in [0, 0.05) is 17.3 Å². The highest BCUT2D eigenvalue weighted by molar-refractivity contribution is 6.43. The van der Waals surface area contributed by atoms with Crippen molar-refractivity contribution in [2.24, 2.45) is 0 Å². The van der Waals surface area contributed by atoms with Gasteiger partial charge in [0.05, 0.1) is 15.7 Å². The third kappa shape index (κ3) is 2.84. The molecule has 0 aliphatic heterocycles. The molecule has 0 amide bonds. The first kappa shape index (κ1) is 14.5. The van der Waals surface area contributed by atoms with Crippen molar-refractivity contribution in [2.75, 3.05) is 5.88 Å². The van der Waals surface area contributed by atoms with Gasteiger partial charge in [-0.25, -0.2) is 0 Å². The van der Waals surface area contributed by atoms with E-state index in [1.54, 1.807) is 6.07 Å². The van der Waals surface area contributed by atoms with Gasteiger partial charge in [0.2, 0.25) is 0 Å². The molecule has 0 atom stereocenters. The van der Waals surface area contributed by atoms with Crippen LogP contribution in [0.4, 0.5) is 0 Å². The maximum atomic E-state index is 6.29. The molecule has 1 nitrogen and oxygen atoms in total. The molecule has 2 aromatic rings. The molecule has 0 unspecified atom stereocenters. The Morgan fingerprint density at radius 1 is 1.21 bits per heavy atom. The van der Waals surface area contributed by atoms with Crippen LogP contribution in [0.3, 0.4) is 0 Å². The molecule has 2 rings (SSSR count). The summed E-state index contributed by atoms with van der Waals surface area (Å²) in [6.45, 7) is 4.10. The van der Waals surface area contributed by atoms with E-state index in [9.17, 15) is 0 Å². The van der Waals surface area contributed by atoms with E-state index < -0.39 is 0 Å². The largest absolute Gasteiger partial charge is 0.316 e. The minimum absolute atomic E-state index is 0.502. The van der Waals surface area contributed by atoms with Crippen molar-refractivity contribution in [2.45, 2.75) is 13.8 Å². The molecule has 4 heteroatoms. The summed E-state index contributed by atoms with van der Waals surface area (Å²) in [6.07, 6.45) is 3.94. The molecule has 0 bridgehead atoms. The van der Waals surface area contributed by atoms with Crippen LogP contribution in [-0.2, 0) is 0 Å². The van der Waals surface area contributed by atoms with E-state index in [1.165, 1.54) is 0 Å². The minimum Gasteiger partial charge on any atom is -0.316 e. The second-order valence-electron chi connectivity index (χ2n) is 4.29. The normalized spacial score (nSPS) is 11.4. The third-order valence-electron chi connectivity index (χ3n) is 3.03. The fourth-order valence-corrected chi connectivity index (χ4v) is 2.63. The molecule has 1 aromatic heterocycles. The first-order valence-electron chi connectivity index (χ1n) is 5.92. The van der Waals surface area contributed by atoms with Crippen molar-refractivity contribution < 1.29 is 0 Å². The molecular formula is C15H14Cl3N. The summed E-state index contributed by atoms with van der Waals surface area (Å²) < 4.78 is 2.10. The molecule has 0 radical (unpaired) electrons. The van der Waals surface area contributed by atoms with E-state index in [0.29, 0.717) is 15.9 Å². The Labute approximate surface area is 128 Å². The number of allylic oxidation sites excluding steroid dienone is 1. The zero-order valence-corrected chi connectivity index (χ0v) is 13.0. The Balaban J connectivity index is 2.60. The lowest BCUT2D eigenvalue weighted by Crippen LogP contribution is -2.00. The maximum Gasteiger partial charge on any atom is 0.0832 e. The average molecular weight is 315 g/mol. The van der Waals surface area contributed by atoms with Crippen LogP contribution in [0.15, 0.2) is 30.3 Å². The van der Waals surface area contributed by atoms with E-state index in [-0.39, 0.29) is 0 Å². The van der Waals surface area contributed by atoms with E-state index >= 15 is 0 Å². The van der Waals surface area contributed by atoms with Gasteiger partial charge in [-0.3, -0.25) is 0 Å². The predicted octanol–water partition coefficient (Wildman–Crippen LogP) is 5.65. The Morgan fingerprint density at radius 2 is 1.95 bits per heavy atom. The van der Waals surface area contributed by atoms with Gasteiger partial charge < -0.3 is 4.57 Å². The number of alkyl halides is 1. The Bertz CT molecular complexity index is 627. The summed E-state index contributed by atoms with van der Waals surface area (Å²) in [6, 6.07) is 7.76. The molecule has 0 spiro atoms. The summed E-state index contributed by atoms with van der Waals surface area (Å²) in [5.74, 6) is 0.502. The van der Waals surface area contributed by atoms with Gasteiger partial charge in [-0.05, 0) is 37.6 Å². The quantitative estimate of drug-likeness (QED) is 0.645. The summed E-state index contributed by atoms with van der Waals surface area (Å²) in [5.41, 5.74) is 4.25. The highest BCUT2D eigenvalue weighted by Crippen LogP contribution is 2.31. The van der Waals surface area contributed by atoms with Gasteiger partial charge >= 0.3 is 0 Å². The lowest BCUT2D eigenvalue weighted by atomic mass is 10.2. The number of nitrogens with zero attached hydrogens (tertiary/aromatic N) is 1. The van der Waals surface area contributed by atoms with Crippen molar-refractivity contribution in [1.82, 2.24) is 4.57 Å². The van der Waals surface area contributed by atoms with E-state index in [2.05, 4.69) is 17.6 Å². The van der Waals surface area contributed by atoms with Crippen LogP contribution in [0.1, 0.15) is 17.0 Å². The van der Waals surface area contributed by atoms with Crippen LogP contribution < -0.4 is 0 Å². The molecule has 0 fully saturated rings. The van der Waals surface area contributed by atoms with Crippen molar-refractivity contribution in [1.29, 1.82) is 0 Å². The molecule has 0 saturated heterocycles. The van der Waals surface area contributed by atoms with Crippen LogP contribution in [-0.4, -0.2) is 10.4 Å². The highest BCUT2D eigenvalue weighted by atomic mass is 35.5. The molecular weight excluding hydrogens is 301 g/mol. The van der Waals surface area contributed by atoms with Crippen molar-refractivity contribution in [3.63, 3.8) is 0 Å². The number of hydrogen-bond acceptors (Lipinski definition) is 0. The van der Waals surface area contributed by atoms with Crippen LogP contribution >= 0.6 is 34.8 Å². The number of hydrogen-bond donors (Lipinski definition) is 0. The third-order valence-corrected chi connectivity index (χ3v) is 4.02. The molecule has 0 aliphatic rings. The smallest absolute Gasteiger partial charge is 0.0832 e. The second-order valence-corrected chi connectivity index (χ2v) is 5.39. The van der Waals surface area contributed by atoms with Crippen LogP contribution in [0.25, 0.3) is 11.8 Å². The topological polar surface area (TPSA) is 4.93 Å². The molecule has 100 valence electrons. The average Bonchev–Trinajstić information content (AvgIpc) is 2.66. The van der Waals surface area contributed by atoms with Crippen LogP contribution in [0.2, 0.25) is 10.0 Å². The van der Waals surface area contributed by atoms with Gasteiger partial charge in [-0.15, -0.1) is 11.6 Å². The number of aryl methyl sites for hydroxylation is 1. The Morgan fingerprint density at radius 3 is 2.63 bits per heavy atom. The molecule has 1 aromatic carbocycles.